The molecule has 3 rings (SSSR count). The van der Waals surface area contributed by atoms with E-state index in [0.29, 0.717) is 37.2 Å². The van der Waals surface area contributed by atoms with Crippen LogP contribution in [0.3, 0.4) is 0 Å². The molecule has 0 aromatic heterocycles. The summed E-state index contributed by atoms with van der Waals surface area (Å²) in [5, 5.41) is 11.9. The van der Waals surface area contributed by atoms with Crippen LogP contribution >= 0.6 is 0 Å². The van der Waals surface area contributed by atoms with Crippen LogP contribution in [0, 0.1) is 5.92 Å². The first-order chi connectivity index (χ1) is 11.6. The van der Waals surface area contributed by atoms with E-state index in [1.807, 2.05) is 0 Å². The normalized spacial score (nSPS) is 26.2. The highest BCUT2D eigenvalue weighted by atomic mass is 16.5. The molecule has 6 heteroatoms. The van der Waals surface area contributed by atoms with Gasteiger partial charge in [-0.25, -0.2) is 0 Å². The van der Waals surface area contributed by atoms with Gasteiger partial charge >= 0.3 is 5.97 Å². The zero-order valence-electron chi connectivity index (χ0n) is 13.6. The molecule has 1 heterocycles. The molecular formula is C18H23NO5. The summed E-state index contributed by atoms with van der Waals surface area (Å²) in [6, 6.07) is 6.94. The molecule has 6 nitrogen and oxygen atoms in total. The molecule has 1 aromatic carbocycles. The van der Waals surface area contributed by atoms with E-state index in [2.05, 4.69) is 5.32 Å². The van der Waals surface area contributed by atoms with Crippen LogP contribution in [0.4, 0.5) is 0 Å². The average molecular weight is 333 g/mol. The van der Waals surface area contributed by atoms with E-state index in [0.717, 1.165) is 19.4 Å². The van der Waals surface area contributed by atoms with Gasteiger partial charge in [0, 0.05) is 18.2 Å². The number of benzene rings is 1. The average Bonchev–Trinajstić information content (AvgIpc) is 3.25. The van der Waals surface area contributed by atoms with E-state index in [-0.39, 0.29) is 24.0 Å². The van der Waals surface area contributed by atoms with Gasteiger partial charge in [-0.3, -0.25) is 9.59 Å². The minimum Gasteiger partial charge on any atom is -0.491 e. The summed E-state index contributed by atoms with van der Waals surface area (Å²) in [7, 11) is 0. The van der Waals surface area contributed by atoms with Crippen LogP contribution < -0.4 is 10.1 Å². The predicted octanol–water partition coefficient (Wildman–Crippen LogP) is 2.23. The molecule has 130 valence electrons. The topological polar surface area (TPSA) is 84.9 Å². The summed E-state index contributed by atoms with van der Waals surface area (Å²) in [4.78, 5) is 23.2. The van der Waals surface area contributed by atoms with E-state index >= 15 is 0 Å². The minimum atomic E-state index is -0.778. The van der Waals surface area contributed by atoms with Crippen molar-refractivity contribution >= 4 is 11.9 Å². The van der Waals surface area contributed by atoms with Gasteiger partial charge in [-0.2, -0.15) is 0 Å². The van der Waals surface area contributed by atoms with Crippen molar-refractivity contribution in [1.82, 2.24) is 5.32 Å². The monoisotopic (exact) mass is 333 g/mol. The van der Waals surface area contributed by atoms with Crippen molar-refractivity contribution in [2.45, 2.75) is 44.2 Å². The standard InChI is InChI=1S/C18H23NO5/c20-17(19-14-6-3-13(10-14)18(21)22)12-4-7-15(8-5-12)24-11-16-2-1-9-23-16/h4-5,7-8,13-14,16H,1-3,6,9-11H2,(H,19,20)(H,21,22)/t13-,14+,16?/m0/s1. The van der Waals surface area contributed by atoms with Gasteiger partial charge in [0.1, 0.15) is 12.4 Å². The third kappa shape index (κ3) is 4.26. The maximum atomic E-state index is 12.2. The Morgan fingerprint density at radius 2 is 2.00 bits per heavy atom. The number of carbonyl (C=O) groups excluding carboxylic acids is 1. The summed E-state index contributed by atoms with van der Waals surface area (Å²) in [5.74, 6) is -0.575. The van der Waals surface area contributed by atoms with Crippen molar-refractivity contribution < 1.29 is 24.2 Å². The number of aliphatic carboxylic acids is 1. The van der Waals surface area contributed by atoms with Crippen LogP contribution in [0.2, 0.25) is 0 Å². The predicted molar refractivity (Wildman–Crippen MR) is 87.1 cm³/mol. The van der Waals surface area contributed by atoms with Crippen LogP contribution in [-0.2, 0) is 9.53 Å². The maximum Gasteiger partial charge on any atom is 0.306 e. The third-order valence-corrected chi connectivity index (χ3v) is 4.69. The Hall–Kier alpha value is -2.08. The lowest BCUT2D eigenvalue weighted by Crippen LogP contribution is -2.33. The van der Waals surface area contributed by atoms with Crippen LogP contribution in [0.25, 0.3) is 0 Å². The second kappa shape index (κ2) is 7.66. The molecule has 1 aliphatic carbocycles. The first-order valence-electron chi connectivity index (χ1n) is 8.50. The SMILES string of the molecule is O=C(N[C@@H]1CC[C@H](C(=O)O)C1)c1ccc(OCC2CCCO2)cc1. The highest BCUT2D eigenvalue weighted by Crippen LogP contribution is 2.26. The molecule has 0 radical (unpaired) electrons. The molecule has 1 saturated carbocycles. The Bertz CT molecular complexity index is 580. The zero-order chi connectivity index (χ0) is 16.9. The molecule has 2 aliphatic rings. The van der Waals surface area contributed by atoms with E-state index in [9.17, 15) is 9.59 Å². The summed E-state index contributed by atoms with van der Waals surface area (Å²) in [6.45, 7) is 1.33. The molecule has 1 aromatic rings. The zero-order valence-corrected chi connectivity index (χ0v) is 13.6. The summed E-state index contributed by atoms with van der Waals surface area (Å²) in [5.41, 5.74) is 0.554. The molecule has 1 unspecified atom stereocenters. The quantitative estimate of drug-likeness (QED) is 0.834. The van der Waals surface area contributed by atoms with E-state index < -0.39 is 5.97 Å². The van der Waals surface area contributed by atoms with Gasteiger partial charge in [0.2, 0.25) is 0 Å². The highest BCUT2D eigenvalue weighted by Gasteiger charge is 2.30. The first kappa shape index (κ1) is 16.8. The van der Waals surface area contributed by atoms with Crippen LogP contribution in [0.5, 0.6) is 5.75 Å². The van der Waals surface area contributed by atoms with Crippen molar-refractivity contribution in [3.05, 3.63) is 29.8 Å². The Kier molecular flexibility index (Phi) is 5.35. The van der Waals surface area contributed by atoms with Gasteiger partial charge in [-0.15, -0.1) is 0 Å². The Labute approximate surface area is 141 Å². The van der Waals surface area contributed by atoms with Gasteiger partial charge in [-0.05, 0) is 56.4 Å². The number of carbonyl (C=O) groups is 2. The fraction of sp³-hybridized carbons (Fsp3) is 0.556. The van der Waals surface area contributed by atoms with E-state index in [1.54, 1.807) is 24.3 Å². The lowest BCUT2D eigenvalue weighted by molar-refractivity contribution is -0.141. The number of nitrogens with one attached hydrogen (secondary N) is 1. The van der Waals surface area contributed by atoms with Gasteiger partial charge in [0.15, 0.2) is 0 Å². The van der Waals surface area contributed by atoms with Crippen molar-refractivity contribution in [3.8, 4) is 5.75 Å². The van der Waals surface area contributed by atoms with Crippen LogP contribution in [-0.4, -0.2) is 42.3 Å². The molecule has 3 atom stereocenters. The number of hydrogen-bond acceptors (Lipinski definition) is 4. The smallest absolute Gasteiger partial charge is 0.306 e. The Morgan fingerprint density at radius 1 is 1.21 bits per heavy atom. The van der Waals surface area contributed by atoms with Crippen molar-refractivity contribution in [1.29, 1.82) is 0 Å². The molecule has 1 aliphatic heterocycles. The molecule has 1 saturated heterocycles. The second-order valence-electron chi connectivity index (χ2n) is 6.49. The molecule has 0 bridgehead atoms. The lowest BCUT2D eigenvalue weighted by Gasteiger charge is -2.14. The Balaban J connectivity index is 1.47. The van der Waals surface area contributed by atoms with Crippen LogP contribution in [0.1, 0.15) is 42.5 Å². The molecule has 2 fully saturated rings. The van der Waals surface area contributed by atoms with Gasteiger partial charge in [0.25, 0.3) is 5.91 Å². The van der Waals surface area contributed by atoms with Gasteiger partial charge < -0.3 is 19.9 Å². The van der Waals surface area contributed by atoms with Gasteiger partial charge in [-0.1, -0.05) is 0 Å². The fourth-order valence-corrected chi connectivity index (χ4v) is 3.27. The molecule has 2 N–H and O–H groups in total. The molecular weight excluding hydrogens is 310 g/mol. The summed E-state index contributed by atoms with van der Waals surface area (Å²) >= 11 is 0. The van der Waals surface area contributed by atoms with Crippen LogP contribution in [0.15, 0.2) is 24.3 Å². The maximum absolute atomic E-state index is 12.2. The number of amides is 1. The van der Waals surface area contributed by atoms with E-state index in [4.69, 9.17) is 14.6 Å². The Morgan fingerprint density at radius 3 is 2.62 bits per heavy atom. The summed E-state index contributed by atoms with van der Waals surface area (Å²) in [6.07, 6.45) is 4.11. The minimum absolute atomic E-state index is 0.0611. The second-order valence-corrected chi connectivity index (χ2v) is 6.49. The number of rotatable bonds is 6. The third-order valence-electron chi connectivity index (χ3n) is 4.69. The van der Waals surface area contributed by atoms with Crippen molar-refractivity contribution in [2.24, 2.45) is 5.92 Å². The van der Waals surface area contributed by atoms with Crippen molar-refractivity contribution in [2.75, 3.05) is 13.2 Å². The summed E-state index contributed by atoms with van der Waals surface area (Å²) < 4.78 is 11.2. The number of carboxylic acid groups (broad SMARTS) is 1. The molecule has 0 spiro atoms. The largest absolute Gasteiger partial charge is 0.491 e. The fourth-order valence-electron chi connectivity index (χ4n) is 3.27. The van der Waals surface area contributed by atoms with Crippen molar-refractivity contribution in [3.63, 3.8) is 0 Å². The number of ether oxygens (including phenoxy) is 2. The lowest BCUT2D eigenvalue weighted by atomic mass is 10.1. The first-order valence-corrected chi connectivity index (χ1v) is 8.50. The number of hydrogen-bond donors (Lipinski definition) is 2. The molecule has 1 amide bonds. The number of carboxylic acids is 1. The van der Waals surface area contributed by atoms with Gasteiger partial charge in [0.05, 0.1) is 12.0 Å². The molecule has 24 heavy (non-hydrogen) atoms. The highest BCUT2D eigenvalue weighted by molar-refractivity contribution is 5.94. The van der Waals surface area contributed by atoms with E-state index in [1.165, 1.54) is 0 Å².